The molecule has 8 heteroatoms. The summed E-state index contributed by atoms with van der Waals surface area (Å²) < 4.78 is 27.5. The molecule has 1 aliphatic heterocycles. The molecule has 0 bridgehead atoms. The molecular weight excluding hydrogens is 416 g/mol. The van der Waals surface area contributed by atoms with Crippen LogP contribution in [0.25, 0.3) is 0 Å². The van der Waals surface area contributed by atoms with Gasteiger partial charge in [-0.3, -0.25) is 9.69 Å². The van der Waals surface area contributed by atoms with E-state index in [1.165, 1.54) is 0 Å². The van der Waals surface area contributed by atoms with E-state index in [0.717, 1.165) is 43.2 Å². The summed E-state index contributed by atoms with van der Waals surface area (Å²) in [5.41, 5.74) is 1.29. The van der Waals surface area contributed by atoms with Crippen LogP contribution >= 0.6 is 0 Å². The Morgan fingerprint density at radius 3 is 2.42 bits per heavy atom. The molecule has 2 fully saturated rings. The van der Waals surface area contributed by atoms with Gasteiger partial charge in [-0.2, -0.15) is 8.42 Å². The highest BCUT2D eigenvalue weighted by Crippen LogP contribution is 2.49. The minimum atomic E-state index is -3.59. The zero-order valence-electron chi connectivity index (χ0n) is 17.5. The summed E-state index contributed by atoms with van der Waals surface area (Å²) >= 11 is 0. The molecule has 2 aliphatic rings. The zero-order valence-corrected chi connectivity index (χ0v) is 18.3. The Hall–Kier alpha value is -2.42. The van der Waals surface area contributed by atoms with E-state index in [0.29, 0.717) is 13.1 Å². The lowest BCUT2D eigenvalue weighted by Gasteiger charge is -2.27. The highest BCUT2D eigenvalue weighted by atomic mass is 32.2. The van der Waals surface area contributed by atoms with Crippen LogP contribution in [0, 0.1) is 0 Å². The fourth-order valence-corrected chi connectivity index (χ4v) is 4.69. The Bertz CT molecular complexity index is 1020. The van der Waals surface area contributed by atoms with Crippen molar-refractivity contribution in [3.05, 3.63) is 65.7 Å². The summed E-state index contributed by atoms with van der Waals surface area (Å²) in [6, 6.07) is 16.4. The van der Waals surface area contributed by atoms with Gasteiger partial charge in [-0.15, -0.1) is 0 Å². The van der Waals surface area contributed by atoms with Gasteiger partial charge < -0.3 is 14.6 Å². The van der Waals surface area contributed by atoms with Crippen LogP contribution in [0.1, 0.15) is 36.4 Å². The summed E-state index contributed by atoms with van der Waals surface area (Å²) in [5, 5.41) is 13.1. The third kappa shape index (κ3) is 5.26. The SMILES string of the molecule is CS(=O)(=O)Oc1ccc(C2(C(=O)N[C@H](CN3CC[C@H](O)C3)c3ccccc3)CC2)cc1. The smallest absolute Gasteiger partial charge is 0.306 e. The van der Waals surface area contributed by atoms with Crippen LogP contribution in [0.2, 0.25) is 0 Å². The number of hydrogen-bond acceptors (Lipinski definition) is 6. The van der Waals surface area contributed by atoms with Crippen molar-refractivity contribution in [3.8, 4) is 5.75 Å². The normalized spacial score (nSPS) is 21.4. The van der Waals surface area contributed by atoms with Gasteiger partial charge in [0.25, 0.3) is 0 Å². The molecular formula is C23H28N2O5S. The van der Waals surface area contributed by atoms with E-state index in [-0.39, 0.29) is 23.8 Å². The number of amides is 1. The van der Waals surface area contributed by atoms with E-state index in [4.69, 9.17) is 4.18 Å². The van der Waals surface area contributed by atoms with Crippen molar-refractivity contribution in [2.24, 2.45) is 0 Å². The molecule has 31 heavy (non-hydrogen) atoms. The molecule has 0 aromatic heterocycles. The number of benzene rings is 2. The number of hydrogen-bond donors (Lipinski definition) is 2. The topological polar surface area (TPSA) is 95.9 Å². The van der Waals surface area contributed by atoms with Crippen molar-refractivity contribution in [1.82, 2.24) is 10.2 Å². The van der Waals surface area contributed by atoms with Crippen LogP contribution in [0.5, 0.6) is 5.75 Å². The molecule has 0 spiro atoms. The molecule has 4 rings (SSSR count). The first-order valence-electron chi connectivity index (χ1n) is 10.5. The Labute approximate surface area is 183 Å². The van der Waals surface area contributed by atoms with Gasteiger partial charge in [0.1, 0.15) is 5.75 Å². The van der Waals surface area contributed by atoms with E-state index in [1.807, 2.05) is 30.3 Å². The summed E-state index contributed by atoms with van der Waals surface area (Å²) in [6.07, 6.45) is 2.93. The first-order chi connectivity index (χ1) is 14.7. The van der Waals surface area contributed by atoms with E-state index in [1.54, 1.807) is 24.3 Å². The predicted octanol–water partition coefficient (Wildman–Crippen LogP) is 1.98. The second-order valence-electron chi connectivity index (χ2n) is 8.53. The number of carbonyl (C=O) groups is 1. The number of rotatable bonds is 8. The Kier molecular flexibility index (Phi) is 6.05. The Morgan fingerprint density at radius 2 is 1.87 bits per heavy atom. The van der Waals surface area contributed by atoms with Crippen LogP contribution in [0.4, 0.5) is 0 Å². The van der Waals surface area contributed by atoms with E-state index in [2.05, 4.69) is 10.2 Å². The van der Waals surface area contributed by atoms with Crippen molar-refractivity contribution in [2.45, 2.75) is 36.8 Å². The van der Waals surface area contributed by atoms with Crippen LogP contribution < -0.4 is 9.50 Å². The Morgan fingerprint density at radius 1 is 1.19 bits per heavy atom. The maximum Gasteiger partial charge on any atom is 0.306 e. The minimum Gasteiger partial charge on any atom is -0.392 e. The van der Waals surface area contributed by atoms with Gasteiger partial charge >= 0.3 is 10.1 Å². The van der Waals surface area contributed by atoms with Crippen molar-refractivity contribution >= 4 is 16.0 Å². The van der Waals surface area contributed by atoms with Gasteiger partial charge in [-0.25, -0.2) is 0 Å². The van der Waals surface area contributed by atoms with Gasteiger partial charge in [-0.05, 0) is 42.5 Å². The third-order valence-electron chi connectivity index (χ3n) is 6.03. The number of β-amino-alcohol motifs (C(OH)–C–C–N with tert-alkyl or cyclic N) is 1. The molecule has 2 aromatic carbocycles. The molecule has 2 atom stereocenters. The molecule has 1 saturated carbocycles. The second kappa shape index (κ2) is 8.61. The lowest BCUT2D eigenvalue weighted by molar-refractivity contribution is -0.124. The van der Waals surface area contributed by atoms with Crippen LogP contribution in [0.3, 0.4) is 0 Å². The molecule has 166 valence electrons. The molecule has 1 saturated heterocycles. The standard InChI is InChI=1S/C23H28N2O5S/c1-31(28,29)30-20-9-7-18(8-10-20)23(12-13-23)22(27)24-21(17-5-3-2-4-6-17)16-25-14-11-19(26)15-25/h2-10,19,21,26H,11-16H2,1H3,(H,24,27)/t19-,21+/m0/s1. The minimum absolute atomic E-state index is 0.0297. The third-order valence-corrected chi connectivity index (χ3v) is 6.53. The van der Waals surface area contributed by atoms with Crippen molar-refractivity contribution in [2.75, 3.05) is 25.9 Å². The van der Waals surface area contributed by atoms with E-state index in [9.17, 15) is 18.3 Å². The molecule has 2 N–H and O–H groups in total. The fraction of sp³-hybridized carbons (Fsp3) is 0.435. The molecule has 1 heterocycles. The number of likely N-dealkylation sites (tertiary alicyclic amines) is 1. The van der Waals surface area contributed by atoms with Gasteiger partial charge in [0.05, 0.1) is 23.8 Å². The first kappa shape index (κ1) is 21.8. The molecule has 7 nitrogen and oxygen atoms in total. The van der Waals surface area contributed by atoms with Crippen LogP contribution in [0.15, 0.2) is 54.6 Å². The number of nitrogens with one attached hydrogen (secondary N) is 1. The average molecular weight is 445 g/mol. The lowest BCUT2D eigenvalue weighted by atomic mass is 9.94. The first-order valence-corrected chi connectivity index (χ1v) is 12.3. The second-order valence-corrected chi connectivity index (χ2v) is 10.1. The summed E-state index contributed by atoms with van der Waals surface area (Å²) in [4.78, 5) is 15.5. The van der Waals surface area contributed by atoms with Crippen LogP contribution in [-0.2, 0) is 20.3 Å². The summed E-state index contributed by atoms with van der Waals surface area (Å²) in [6.45, 7) is 2.07. The molecule has 1 aliphatic carbocycles. The number of carbonyl (C=O) groups excluding carboxylic acids is 1. The monoisotopic (exact) mass is 444 g/mol. The highest BCUT2D eigenvalue weighted by Gasteiger charge is 2.51. The number of aliphatic hydroxyl groups is 1. The fourth-order valence-electron chi connectivity index (χ4n) is 4.23. The molecule has 2 aromatic rings. The van der Waals surface area contributed by atoms with E-state index < -0.39 is 15.5 Å². The lowest BCUT2D eigenvalue weighted by Crippen LogP contribution is -2.42. The maximum atomic E-state index is 13.4. The summed E-state index contributed by atoms with van der Waals surface area (Å²) in [7, 11) is -3.59. The molecule has 1 amide bonds. The van der Waals surface area contributed by atoms with Crippen LogP contribution in [-0.4, -0.2) is 56.3 Å². The average Bonchev–Trinajstić information content (AvgIpc) is 3.44. The Balaban J connectivity index is 1.50. The number of nitrogens with zero attached hydrogens (tertiary/aromatic N) is 1. The molecule has 0 unspecified atom stereocenters. The van der Waals surface area contributed by atoms with Crippen molar-refractivity contribution in [1.29, 1.82) is 0 Å². The number of aliphatic hydroxyl groups excluding tert-OH is 1. The quantitative estimate of drug-likeness (QED) is 0.605. The van der Waals surface area contributed by atoms with Gasteiger partial charge in [0.2, 0.25) is 5.91 Å². The maximum absolute atomic E-state index is 13.4. The highest BCUT2D eigenvalue weighted by molar-refractivity contribution is 7.86. The predicted molar refractivity (Wildman–Crippen MR) is 117 cm³/mol. The van der Waals surface area contributed by atoms with Gasteiger partial charge in [0, 0.05) is 19.6 Å². The van der Waals surface area contributed by atoms with Crippen molar-refractivity contribution in [3.63, 3.8) is 0 Å². The summed E-state index contributed by atoms with van der Waals surface area (Å²) in [5.74, 6) is 0.204. The van der Waals surface area contributed by atoms with Crippen molar-refractivity contribution < 1.29 is 22.5 Å². The van der Waals surface area contributed by atoms with Gasteiger partial charge in [-0.1, -0.05) is 42.5 Å². The largest absolute Gasteiger partial charge is 0.392 e. The molecule has 0 radical (unpaired) electrons. The van der Waals surface area contributed by atoms with Gasteiger partial charge in [0.15, 0.2) is 0 Å². The zero-order chi connectivity index (χ0) is 22.1. The van der Waals surface area contributed by atoms with E-state index >= 15 is 0 Å².